The minimum absolute atomic E-state index is 0.277. The number of benzene rings is 2. The van der Waals surface area contributed by atoms with Crippen molar-refractivity contribution in [1.29, 1.82) is 0 Å². The van der Waals surface area contributed by atoms with Gasteiger partial charge >= 0.3 is 0 Å². The Morgan fingerprint density at radius 3 is 2.37 bits per heavy atom. The predicted octanol–water partition coefficient (Wildman–Crippen LogP) is 2.84. The Morgan fingerprint density at radius 2 is 1.67 bits per heavy atom. The first-order chi connectivity index (χ1) is 13.2. The highest BCUT2D eigenvalue weighted by atomic mass is 35.5. The van der Waals surface area contributed by atoms with Crippen LogP contribution in [0.25, 0.3) is 11.1 Å². The summed E-state index contributed by atoms with van der Waals surface area (Å²) in [5, 5.41) is 20.1. The normalized spacial score (nSPS) is 13.4. The van der Waals surface area contributed by atoms with Gasteiger partial charge in [-0.2, -0.15) is 10.2 Å². The van der Waals surface area contributed by atoms with Crippen molar-refractivity contribution >= 4 is 11.6 Å². The van der Waals surface area contributed by atoms with E-state index in [0.29, 0.717) is 5.02 Å². The molecule has 2 atom stereocenters. The highest BCUT2D eigenvalue weighted by Crippen LogP contribution is 2.32. The van der Waals surface area contributed by atoms with Gasteiger partial charge in [0, 0.05) is 5.02 Å². The molecule has 136 valence electrons. The van der Waals surface area contributed by atoms with E-state index in [0.717, 1.165) is 16.7 Å². The van der Waals surface area contributed by atoms with Crippen LogP contribution in [0.3, 0.4) is 0 Å². The molecule has 2 unspecified atom stereocenters. The van der Waals surface area contributed by atoms with Crippen molar-refractivity contribution < 1.29 is 5.11 Å². The first kappa shape index (κ1) is 17.4. The van der Waals surface area contributed by atoms with Crippen LogP contribution in [0, 0.1) is 0 Å². The SMILES string of the molecule is OC(Cn1cncn1)C(c1ccccc1-c1ccc(Cl)cc1)n1cncn1. The van der Waals surface area contributed by atoms with E-state index >= 15 is 0 Å². The van der Waals surface area contributed by atoms with Gasteiger partial charge in [0.1, 0.15) is 37.5 Å². The van der Waals surface area contributed by atoms with E-state index in [2.05, 4.69) is 20.2 Å². The van der Waals surface area contributed by atoms with Crippen LogP contribution in [0.1, 0.15) is 11.6 Å². The van der Waals surface area contributed by atoms with Crippen molar-refractivity contribution in [2.45, 2.75) is 18.7 Å². The number of rotatable bonds is 6. The summed E-state index contributed by atoms with van der Waals surface area (Å²) in [6.07, 6.45) is 5.29. The molecule has 2 aromatic heterocycles. The van der Waals surface area contributed by atoms with Gasteiger partial charge in [-0.05, 0) is 28.8 Å². The average molecular weight is 381 g/mol. The van der Waals surface area contributed by atoms with Gasteiger partial charge in [0.25, 0.3) is 0 Å². The quantitative estimate of drug-likeness (QED) is 0.556. The van der Waals surface area contributed by atoms with Gasteiger partial charge in [-0.25, -0.2) is 14.6 Å². The smallest absolute Gasteiger partial charge is 0.137 e. The average Bonchev–Trinajstić information content (AvgIpc) is 3.38. The summed E-state index contributed by atoms with van der Waals surface area (Å²) in [6.45, 7) is 0.277. The van der Waals surface area contributed by atoms with Gasteiger partial charge in [-0.1, -0.05) is 48.0 Å². The lowest BCUT2D eigenvalue weighted by atomic mass is 9.92. The molecule has 4 rings (SSSR count). The fraction of sp³-hybridized carbons (Fsp3) is 0.158. The lowest BCUT2D eigenvalue weighted by Gasteiger charge is -2.25. The van der Waals surface area contributed by atoms with E-state index in [1.165, 1.54) is 12.7 Å². The van der Waals surface area contributed by atoms with Crippen LogP contribution < -0.4 is 0 Å². The van der Waals surface area contributed by atoms with Crippen molar-refractivity contribution in [3.05, 3.63) is 84.4 Å². The lowest BCUT2D eigenvalue weighted by molar-refractivity contribution is 0.102. The number of hydrogen-bond donors (Lipinski definition) is 1. The lowest BCUT2D eigenvalue weighted by Crippen LogP contribution is -2.30. The molecule has 0 fully saturated rings. The second kappa shape index (κ2) is 7.69. The molecule has 0 bridgehead atoms. The molecule has 0 aliphatic rings. The molecule has 0 aliphatic heterocycles. The summed E-state index contributed by atoms with van der Waals surface area (Å²) >= 11 is 6.03. The number of aromatic nitrogens is 6. The maximum atomic E-state index is 11.0. The number of aliphatic hydroxyl groups excluding tert-OH is 1. The Morgan fingerprint density at radius 1 is 0.926 bits per heavy atom. The summed E-state index contributed by atoms with van der Waals surface area (Å²) in [6, 6.07) is 15.1. The first-order valence-corrected chi connectivity index (χ1v) is 8.79. The van der Waals surface area contributed by atoms with Crippen LogP contribution in [0.2, 0.25) is 5.02 Å². The Hall–Kier alpha value is -3.03. The molecule has 0 radical (unpaired) electrons. The van der Waals surface area contributed by atoms with Crippen LogP contribution in [0.5, 0.6) is 0 Å². The molecule has 4 aromatic rings. The van der Waals surface area contributed by atoms with E-state index in [-0.39, 0.29) is 6.54 Å². The second-order valence-corrected chi connectivity index (χ2v) is 6.54. The monoisotopic (exact) mass is 380 g/mol. The number of halogens is 1. The predicted molar refractivity (Wildman–Crippen MR) is 101 cm³/mol. The molecule has 2 heterocycles. The van der Waals surface area contributed by atoms with E-state index < -0.39 is 12.1 Å². The Labute approximate surface area is 160 Å². The highest BCUT2D eigenvalue weighted by Gasteiger charge is 2.27. The maximum Gasteiger partial charge on any atom is 0.137 e. The minimum atomic E-state index is -0.790. The minimum Gasteiger partial charge on any atom is -0.389 e. The third-order valence-corrected chi connectivity index (χ3v) is 4.61. The topological polar surface area (TPSA) is 81.6 Å². The van der Waals surface area contributed by atoms with Gasteiger partial charge in [0.2, 0.25) is 0 Å². The zero-order chi connectivity index (χ0) is 18.6. The zero-order valence-electron chi connectivity index (χ0n) is 14.3. The van der Waals surface area contributed by atoms with Crippen molar-refractivity contribution in [1.82, 2.24) is 29.5 Å². The standard InChI is InChI=1S/C19H17ClN6O/c20-15-7-5-14(6-8-15)16-3-1-2-4-17(16)19(26-13-22-11-24-26)18(27)9-25-12-21-10-23-25/h1-8,10-13,18-19,27H,9H2. The molecule has 7 nitrogen and oxygen atoms in total. The number of hydrogen-bond acceptors (Lipinski definition) is 5. The number of nitrogens with zero attached hydrogens (tertiary/aromatic N) is 6. The Bertz CT molecular complexity index is 985. The Kier molecular flexibility index (Phi) is 4.95. The fourth-order valence-electron chi connectivity index (χ4n) is 3.15. The van der Waals surface area contributed by atoms with Crippen molar-refractivity contribution in [2.24, 2.45) is 0 Å². The van der Waals surface area contributed by atoms with Crippen LogP contribution in [0.15, 0.2) is 73.8 Å². The van der Waals surface area contributed by atoms with Crippen LogP contribution in [-0.2, 0) is 6.54 Å². The highest BCUT2D eigenvalue weighted by molar-refractivity contribution is 6.30. The molecule has 0 saturated heterocycles. The van der Waals surface area contributed by atoms with Gasteiger partial charge in [-0.15, -0.1) is 0 Å². The largest absolute Gasteiger partial charge is 0.389 e. The molecule has 27 heavy (non-hydrogen) atoms. The summed E-state index contributed by atoms with van der Waals surface area (Å²) in [7, 11) is 0. The fourth-order valence-corrected chi connectivity index (χ4v) is 3.28. The van der Waals surface area contributed by atoms with Crippen molar-refractivity contribution in [3.8, 4) is 11.1 Å². The van der Waals surface area contributed by atoms with Crippen molar-refractivity contribution in [2.75, 3.05) is 0 Å². The third-order valence-electron chi connectivity index (χ3n) is 4.36. The molecule has 8 heteroatoms. The summed E-state index contributed by atoms with van der Waals surface area (Å²) in [5.74, 6) is 0. The molecule has 1 N–H and O–H groups in total. The maximum absolute atomic E-state index is 11.0. The summed E-state index contributed by atoms with van der Waals surface area (Å²) < 4.78 is 3.26. The number of aliphatic hydroxyl groups is 1. The van der Waals surface area contributed by atoms with E-state index in [9.17, 15) is 5.11 Å². The summed E-state index contributed by atoms with van der Waals surface area (Å²) in [4.78, 5) is 7.99. The van der Waals surface area contributed by atoms with Crippen LogP contribution in [0.4, 0.5) is 0 Å². The molecule has 0 spiro atoms. The van der Waals surface area contributed by atoms with Gasteiger partial charge in [-0.3, -0.25) is 4.68 Å². The van der Waals surface area contributed by atoms with Crippen molar-refractivity contribution in [3.63, 3.8) is 0 Å². The van der Waals surface area contributed by atoms with Crippen LogP contribution in [-0.4, -0.2) is 40.7 Å². The van der Waals surface area contributed by atoms with E-state index in [1.54, 1.807) is 22.0 Å². The van der Waals surface area contributed by atoms with E-state index in [4.69, 9.17) is 11.6 Å². The Balaban J connectivity index is 1.78. The first-order valence-electron chi connectivity index (χ1n) is 8.42. The van der Waals surface area contributed by atoms with Gasteiger partial charge in [0.15, 0.2) is 0 Å². The van der Waals surface area contributed by atoms with Gasteiger partial charge in [0.05, 0.1) is 6.54 Å². The molecule has 0 aliphatic carbocycles. The summed E-state index contributed by atoms with van der Waals surface area (Å²) in [5.41, 5.74) is 2.93. The molecular weight excluding hydrogens is 364 g/mol. The van der Waals surface area contributed by atoms with E-state index in [1.807, 2.05) is 48.5 Å². The zero-order valence-corrected chi connectivity index (χ0v) is 15.1. The second-order valence-electron chi connectivity index (χ2n) is 6.10. The molecule has 0 saturated carbocycles. The molecule has 2 aromatic carbocycles. The molecular formula is C19H17ClN6O. The van der Waals surface area contributed by atoms with Gasteiger partial charge < -0.3 is 5.11 Å². The molecule has 0 amide bonds. The third kappa shape index (κ3) is 3.74. The van der Waals surface area contributed by atoms with Crippen LogP contribution >= 0.6 is 11.6 Å².